The van der Waals surface area contributed by atoms with Crippen molar-refractivity contribution in [1.82, 2.24) is 19.7 Å². The minimum absolute atomic E-state index is 0.130. The Labute approximate surface area is 173 Å². The number of ether oxygens (including phenoxy) is 1. The number of amides is 1. The number of nitrogens with one attached hydrogen (secondary N) is 1. The van der Waals surface area contributed by atoms with Gasteiger partial charge in [-0.15, -0.1) is 21.5 Å². The van der Waals surface area contributed by atoms with E-state index in [1.807, 2.05) is 54.3 Å². The van der Waals surface area contributed by atoms with Crippen LogP contribution in [0.3, 0.4) is 0 Å². The van der Waals surface area contributed by atoms with Crippen molar-refractivity contribution in [3.63, 3.8) is 0 Å². The summed E-state index contributed by atoms with van der Waals surface area (Å²) >= 11 is 4.38. The molecule has 10 heteroatoms. The Morgan fingerprint density at radius 1 is 1.32 bits per heavy atom. The normalized spacial score (nSPS) is 11.1. The van der Waals surface area contributed by atoms with Crippen molar-refractivity contribution in [2.75, 3.05) is 17.7 Å². The molecule has 7 nitrogen and oxygen atoms in total. The number of fused-ring (bicyclic) bond motifs is 1. The molecule has 3 heterocycles. The van der Waals surface area contributed by atoms with Gasteiger partial charge < -0.3 is 14.6 Å². The van der Waals surface area contributed by atoms with Crippen molar-refractivity contribution in [2.45, 2.75) is 12.1 Å². The Hall–Kier alpha value is -2.43. The lowest BCUT2D eigenvalue weighted by Gasteiger charge is -2.02. The molecular formula is C18H17N5O2S3. The van der Waals surface area contributed by atoms with Crippen LogP contribution in [0.1, 0.15) is 6.92 Å². The van der Waals surface area contributed by atoms with E-state index in [1.165, 1.54) is 23.1 Å². The van der Waals surface area contributed by atoms with E-state index in [0.29, 0.717) is 16.9 Å². The first-order chi connectivity index (χ1) is 13.6. The Bertz CT molecular complexity index is 1100. The molecule has 1 aromatic carbocycles. The van der Waals surface area contributed by atoms with Crippen molar-refractivity contribution in [1.29, 1.82) is 0 Å². The minimum Gasteiger partial charge on any atom is -0.494 e. The Balaban J connectivity index is 1.39. The summed E-state index contributed by atoms with van der Waals surface area (Å²) in [6.07, 6.45) is 0. The second kappa shape index (κ2) is 8.29. The molecule has 0 radical (unpaired) electrons. The van der Waals surface area contributed by atoms with Crippen LogP contribution in [-0.2, 0) is 11.8 Å². The standard InChI is InChI=1S/C18H17N5O2S3/c1-3-25-11-6-7-12-14(9-11)28-17(19-12)20-15(24)10-27-18-22-21-16(23(18)2)13-5-4-8-26-13/h4-9H,3,10H2,1-2H3,(H,19,20,24). The Morgan fingerprint density at radius 2 is 2.21 bits per heavy atom. The number of carbonyl (C=O) groups excluding carboxylic acids is 1. The molecule has 0 saturated heterocycles. The molecule has 4 aromatic rings. The fourth-order valence-electron chi connectivity index (χ4n) is 2.56. The molecule has 0 unspecified atom stereocenters. The average Bonchev–Trinajstić information content (AvgIpc) is 3.39. The summed E-state index contributed by atoms with van der Waals surface area (Å²) < 4.78 is 8.38. The summed E-state index contributed by atoms with van der Waals surface area (Å²) in [7, 11) is 1.90. The number of nitrogens with zero attached hydrogens (tertiary/aromatic N) is 4. The van der Waals surface area contributed by atoms with E-state index >= 15 is 0 Å². The molecule has 1 N–H and O–H groups in total. The van der Waals surface area contributed by atoms with Crippen molar-refractivity contribution in [2.24, 2.45) is 7.05 Å². The zero-order chi connectivity index (χ0) is 19.5. The second-order valence-corrected chi connectivity index (χ2v) is 8.68. The molecule has 144 valence electrons. The van der Waals surface area contributed by atoms with Crippen LogP contribution in [0.4, 0.5) is 5.13 Å². The van der Waals surface area contributed by atoms with Crippen LogP contribution in [0.2, 0.25) is 0 Å². The Morgan fingerprint density at radius 3 is 3.00 bits per heavy atom. The molecule has 3 aromatic heterocycles. The van der Waals surface area contributed by atoms with Crippen molar-refractivity contribution >= 4 is 55.7 Å². The maximum absolute atomic E-state index is 12.3. The second-order valence-electron chi connectivity index (χ2n) is 5.76. The summed E-state index contributed by atoms with van der Waals surface area (Å²) in [4.78, 5) is 17.8. The van der Waals surface area contributed by atoms with Gasteiger partial charge in [0.1, 0.15) is 5.75 Å². The number of rotatable bonds is 7. The highest BCUT2D eigenvalue weighted by molar-refractivity contribution is 7.99. The topological polar surface area (TPSA) is 81.9 Å². The first kappa shape index (κ1) is 18.9. The highest BCUT2D eigenvalue weighted by Crippen LogP contribution is 2.30. The number of thiophene rings is 1. The average molecular weight is 432 g/mol. The molecule has 0 aliphatic rings. The zero-order valence-electron chi connectivity index (χ0n) is 15.2. The number of thiazole rings is 1. The zero-order valence-corrected chi connectivity index (χ0v) is 17.7. The summed E-state index contributed by atoms with van der Waals surface area (Å²) in [5, 5.41) is 14.5. The van der Waals surface area contributed by atoms with Crippen LogP contribution in [0, 0.1) is 0 Å². The SMILES string of the molecule is CCOc1ccc2nc(NC(=O)CSc3nnc(-c4cccs4)n3C)sc2c1. The van der Waals surface area contributed by atoms with E-state index in [-0.39, 0.29) is 11.7 Å². The third-order valence-electron chi connectivity index (χ3n) is 3.83. The van der Waals surface area contributed by atoms with Gasteiger partial charge in [0.05, 0.1) is 27.5 Å². The number of carbonyl (C=O) groups is 1. The largest absolute Gasteiger partial charge is 0.494 e. The predicted octanol–water partition coefficient (Wildman–Crippen LogP) is 4.28. The van der Waals surface area contributed by atoms with Crippen LogP contribution >= 0.6 is 34.4 Å². The molecule has 0 spiro atoms. The molecule has 0 atom stereocenters. The molecule has 0 bridgehead atoms. The molecule has 0 saturated carbocycles. The fraction of sp³-hybridized carbons (Fsp3) is 0.222. The lowest BCUT2D eigenvalue weighted by atomic mass is 10.3. The lowest BCUT2D eigenvalue weighted by molar-refractivity contribution is -0.113. The highest BCUT2D eigenvalue weighted by atomic mass is 32.2. The molecular weight excluding hydrogens is 414 g/mol. The number of thioether (sulfide) groups is 1. The van der Waals surface area contributed by atoms with E-state index in [4.69, 9.17) is 4.74 Å². The van der Waals surface area contributed by atoms with E-state index in [2.05, 4.69) is 20.5 Å². The number of hydrogen-bond acceptors (Lipinski definition) is 8. The van der Waals surface area contributed by atoms with Gasteiger partial charge >= 0.3 is 0 Å². The van der Waals surface area contributed by atoms with Crippen LogP contribution in [-0.4, -0.2) is 38.0 Å². The van der Waals surface area contributed by atoms with Crippen LogP contribution in [0.5, 0.6) is 5.75 Å². The van der Waals surface area contributed by atoms with E-state index in [1.54, 1.807) is 11.3 Å². The van der Waals surface area contributed by atoms with Gasteiger partial charge in [-0.25, -0.2) is 4.98 Å². The Kier molecular flexibility index (Phi) is 5.60. The fourth-order valence-corrected chi connectivity index (χ4v) is 4.93. The van der Waals surface area contributed by atoms with Crippen molar-refractivity contribution in [3.05, 3.63) is 35.7 Å². The third kappa shape index (κ3) is 4.03. The van der Waals surface area contributed by atoms with E-state index in [9.17, 15) is 4.79 Å². The van der Waals surface area contributed by atoms with E-state index < -0.39 is 0 Å². The van der Waals surface area contributed by atoms with Crippen LogP contribution < -0.4 is 10.1 Å². The van der Waals surface area contributed by atoms with Gasteiger partial charge in [-0.2, -0.15) is 0 Å². The van der Waals surface area contributed by atoms with Gasteiger partial charge in [0.2, 0.25) is 5.91 Å². The minimum atomic E-state index is -0.130. The van der Waals surface area contributed by atoms with Crippen LogP contribution in [0.25, 0.3) is 20.9 Å². The highest BCUT2D eigenvalue weighted by Gasteiger charge is 2.14. The monoisotopic (exact) mass is 431 g/mol. The van der Waals surface area contributed by atoms with Gasteiger partial charge in [-0.05, 0) is 36.6 Å². The summed E-state index contributed by atoms with van der Waals surface area (Å²) in [5.74, 6) is 1.70. The first-order valence-corrected chi connectivity index (χ1v) is 11.2. The maximum Gasteiger partial charge on any atom is 0.236 e. The molecule has 4 rings (SSSR count). The number of benzene rings is 1. The van der Waals surface area contributed by atoms with Crippen molar-refractivity contribution < 1.29 is 9.53 Å². The number of anilines is 1. The molecule has 0 aliphatic heterocycles. The van der Waals surface area contributed by atoms with Gasteiger partial charge in [0.25, 0.3) is 0 Å². The smallest absolute Gasteiger partial charge is 0.236 e. The predicted molar refractivity (Wildman–Crippen MR) is 114 cm³/mol. The van der Waals surface area contributed by atoms with Gasteiger partial charge in [0, 0.05) is 7.05 Å². The number of hydrogen-bond donors (Lipinski definition) is 1. The van der Waals surface area contributed by atoms with E-state index in [0.717, 1.165) is 26.7 Å². The van der Waals surface area contributed by atoms with Gasteiger partial charge in [0.15, 0.2) is 16.1 Å². The molecule has 1 amide bonds. The third-order valence-corrected chi connectivity index (χ3v) is 6.65. The molecule has 0 fully saturated rings. The summed E-state index contributed by atoms with van der Waals surface area (Å²) in [6.45, 7) is 2.56. The lowest BCUT2D eigenvalue weighted by Crippen LogP contribution is -2.14. The maximum atomic E-state index is 12.3. The first-order valence-electron chi connectivity index (χ1n) is 8.53. The summed E-state index contributed by atoms with van der Waals surface area (Å²) in [6, 6.07) is 9.69. The van der Waals surface area contributed by atoms with Crippen LogP contribution in [0.15, 0.2) is 40.9 Å². The summed E-state index contributed by atoms with van der Waals surface area (Å²) in [5.41, 5.74) is 0.838. The number of aromatic nitrogens is 4. The van der Waals surface area contributed by atoms with Gasteiger partial charge in [-0.1, -0.05) is 29.2 Å². The van der Waals surface area contributed by atoms with Gasteiger partial charge in [-0.3, -0.25) is 4.79 Å². The van der Waals surface area contributed by atoms with Crippen molar-refractivity contribution in [3.8, 4) is 16.5 Å². The molecule has 0 aliphatic carbocycles. The quantitative estimate of drug-likeness (QED) is 0.440. The molecule has 28 heavy (non-hydrogen) atoms.